The summed E-state index contributed by atoms with van der Waals surface area (Å²) in [6.07, 6.45) is -8.43. The first-order chi connectivity index (χ1) is 11.1. The molecule has 1 aromatic carbocycles. The maximum absolute atomic E-state index is 13.0. The van der Waals surface area contributed by atoms with Crippen molar-refractivity contribution in [2.24, 2.45) is 0 Å². The maximum Gasteiger partial charge on any atom is 0.416 e. The van der Waals surface area contributed by atoms with Crippen LogP contribution in [0.5, 0.6) is 0 Å². The topological polar surface area (TPSA) is 15.3 Å². The van der Waals surface area contributed by atoms with Gasteiger partial charge >= 0.3 is 12.4 Å². The van der Waals surface area contributed by atoms with Crippen molar-refractivity contribution in [2.75, 3.05) is 26.2 Å². The lowest BCUT2D eigenvalue weighted by Crippen LogP contribution is -2.45. The Kier molecular flexibility index (Phi) is 5.80. The van der Waals surface area contributed by atoms with E-state index in [2.05, 4.69) is 5.32 Å². The molecule has 1 heterocycles. The van der Waals surface area contributed by atoms with E-state index in [1.54, 1.807) is 0 Å². The Bertz CT molecular complexity index is 514. The summed E-state index contributed by atoms with van der Waals surface area (Å²) in [5, 5.41) is 3.13. The molecular weight excluding hydrogens is 334 g/mol. The Morgan fingerprint density at radius 3 is 1.88 bits per heavy atom. The first-order valence-electron chi connectivity index (χ1n) is 7.87. The van der Waals surface area contributed by atoms with Crippen molar-refractivity contribution in [3.05, 3.63) is 34.9 Å². The Labute approximate surface area is 136 Å². The van der Waals surface area contributed by atoms with Crippen LogP contribution < -0.4 is 5.32 Å². The second-order valence-electron chi connectivity index (χ2n) is 5.93. The normalized spacial score (nSPS) is 18.6. The molecule has 0 saturated carbocycles. The third kappa shape index (κ3) is 4.63. The van der Waals surface area contributed by atoms with Crippen LogP contribution in [0.15, 0.2) is 18.2 Å². The average molecular weight is 354 g/mol. The van der Waals surface area contributed by atoms with Crippen molar-refractivity contribution in [3.63, 3.8) is 0 Å². The fourth-order valence-electron chi connectivity index (χ4n) is 3.00. The first-order valence-corrected chi connectivity index (χ1v) is 7.87. The van der Waals surface area contributed by atoms with Crippen LogP contribution >= 0.6 is 0 Å². The molecule has 24 heavy (non-hydrogen) atoms. The van der Waals surface area contributed by atoms with Gasteiger partial charge in [-0.05, 0) is 30.2 Å². The zero-order valence-electron chi connectivity index (χ0n) is 13.3. The minimum absolute atomic E-state index is 0.0842. The van der Waals surface area contributed by atoms with Crippen LogP contribution in [0, 0.1) is 0 Å². The molecule has 1 aliphatic heterocycles. The number of hydrogen-bond acceptors (Lipinski definition) is 2. The zero-order chi connectivity index (χ0) is 18.0. The van der Waals surface area contributed by atoms with Crippen molar-refractivity contribution < 1.29 is 26.3 Å². The van der Waals surface area contributed by atoms with Gasteiger partial charge in [-0.15, -0.1) is 0 Å². The summed E-state index contributed by atoms with van der Waals surface area (Å²) in [5.74, 6) is 0. The molecule has 2 nitrogen and oxygen atoms in total. The highest BCUT2D eigenvalue weighted by molar-refractivity contribution is 5.35. The molecule has 0 spiro atoms. The minimum atomic E-state index is -4.81. The van der Waals surface area contributed by atoms with Gasteiger partial charge in [-0.2, -0.15) is 26.3 Å². The van der Waals surface area contributed by atoms with Gasteiger partial charge in [-0.1, -0.05) is 13.3 Å². The summed E-state index contributed by atoms with van der Waals surface area (Å²) in [4.78, 5) is 1.95. The van der Waals surface area contributed by atoms with Gasteiger partial charge in [0.25, 0.3) is 0 Å². The van der Waals surface area contributed by atoms with Gasteiger partial charge in [0.15, 0.2) is 0 Å². The van der Waals surface area contributed by atoms with Crippen molar-refractivity contribution in [3.8, 4) is 0 Å². The Morgan fingerprint density at radius 2 is 1.46 bits per heavy atom. The monoisotopic (exact) mass is 354 g/mol. The SMILES string of the molecule is CCC[C@@H](c1cc(C(F)(F)F)cc(C(F)(F)F)c1)N1CCNCC1. The zero-order valence-corrected chi connectivity index (χ0v) is 13.3. The van der Waals surface area contributed by atoms with Gasteiger partial charge in [0, 0.05) is 32.2 Å². The number of nitrogens with zero attached hydrogens (tertiary/aromatic N) is 1. The number of halogens is 6. The quantitative estimate of drug-likeness (QED) is 0.803. The number of hydrogen-bond donors (Lipinski definition) is 1. The largest absolute Gasteiger partial charge is 0.416 e. The molecule has 1 saturated heterocycles. The third-order valence-corrected chi connectivity index (χ3v) is 4.15. The molecule has 1 fully saturated rings. The van der Waals surface area contributed by atoms with Gasteiger partial charge < -0.3 is 5.32 Å². The maximum atomic E-state index is 13.0. The summed E-state index contributed by atoms with van der Waals surface area (Å²) in [5.41, 5.74) is -2.41. The van der Waals surface area contributed by atoms with Gasteiger partial charge in [-0.3, -0.25) is 4.90 Å². The van der Waals surface area contributed by atoms with E-state index in [1.165, 1.54) is 0 Å². The van der Waals surface area contributed by atoms with E-state index in [4.69, 9.17) is 0 Å². The number of alkyl halides is 6. The highest BCUT2D eigenvalue weighted by atomic mass is 19.4. The van der Waals surface area contributed by atoms with E-state index in [1.807, 2.05) is 11.8 Å². The van der Waals surface area contributed by atoms with E-state index in [-0.39, 0.29) is 11.6 Å². The lowest BCUT2D eigenvalue weighted by Gasteiger charge is -2.35. The minimum Gasteiger partial charge on any atom is -0.314 e. The summed E-state index contributed by atoms with van der Waals surface area (Å²) < 4.78 is 78.2. The van der Waals surface area contributed by atoms with E-state index in [0.717, 1.165) is 12.1 Å². The number of nitrogens with one attached hydrogen (secondary N) is 1. The van der Waals surface area contributed by atoms with Gasteiger partial charge in [0.2, 0.25) is 0 Å². The molecule has 0 aromatic heterocycles. The highest BCUT2D eigenvalue weighted by Gasteiger charge is 2.38. The fraction of sp³-hybridized carbons (Fsp3) is 0.625. The van der Waals surface area contributed by atoms with Crippen LogP contribution in [-0.2, 0) is 12.4 Å². The highest BCUT2D eigenvalue weighted by Crippen LogP contribution is 2.39. The molecule has 0 radical (unpaired) electrons. The Hall–Kier alpha value is -1.28. The van der Waals surface area contributed by atoms with E-state index in [9.17, 15) is 26.3 Å². The van der Waals surface area contributed by atoms with Crippen molar-refractivity contribution in [2.45, 2.75) is 38.2 Å². The standard InChI is InChI=1S/C16H20F6N2/c1-2-3-14(24-6-4-23-5-7-24)11-8-12(15(17,18)19)10-13(9-11)16(20,21)22/h8-10,14,23H,2-7H2,1H3/t14-/m0/s1. The predicted molar refractivity (Wildman–Crippen MR) is 78.5 cm³/mol. The molecule has 0 unspecified atom stereocenters. The van der Waals surface area contributed by atoms with Crippen LogP contribution in [0.25, 0.3) is 0 Å². The number of rotatable bonds is 4. The molecule has 2 rings (SSSR count). The van der Waals surface area contributed by atoms with Crippen LogP contribution in [0.3, 0.4) is 0 Å². The van der Waals surface area contributed by atoms with E-state index in [0.29, 0.717) is 39.0 Å². The Morgan fingerprint density at radius 1 is 0.958 bits per heavy atom. The molecule has 0 bridgehead atoms. The Balaban J connectivity index is 2.48. The molecule has 0 amide bonds. The van der Waals surface area contributed by atoms with Gasteiger partial charge in [-0.25, -0.2) is 0 Å². The van der Waals surface area contributed by atoms with Crippen molar-refractivity contribution >= 4 is 0 Å². The van der Waals surface area contributed by atoms with E-state index < -0.39 is 29.5 Å². The van der Waals surface area contributed by atoms with Crippen LogP contribution in [-0.4, -0.2) is 31.1 Å². The summed E-state index contributed by atoms with van der Waals surface area (Å²) in [6, 6.07) is 1.46. The second-order valence-corrected chi connectivity index (χ2v) is 5.93. The number of benzene rings is 1. The number of piperazine rings is 1. The van der Waals surface area contributed by atoms with Gasteiger partial charge in [0.1, 0.15) is 0 Å². The molecule has 1 N–H and O–H groups in total. The van der Waals surface area contributed by atoms with Crippen LogP contribution in [0.4, 0.5) is 26.3 Å². The summed E-state index contributed by atoms with van der Waals surface area (Å²) in [6.45, 7) is 4.41. The molecular formula is C16H20F6N2. The molecule has 136 valence electrons. The molecule has 1 aliphatic rings. The smallest absolute Gasteiger partial charge is 0.314 e. The summed E-state index contributed by atoms with van der Waals surface area (Å²) >= 11 is 0. The van der Waals surface area contributed by atoms with E-state index >= 15 is 0 Å². The van der Waals surface area contributed by atoms with Crippen molar-refractivity contribution in [1.29, 1.82) is 0 Å². The molecule has 1 atom stereocenters. The molecule has 0 aliphatic carbocycles. The second kappa shape index (κ2) is 7.31. The average Bonchev–Trinajstić information content (AvgIpc) is 2.51. The lowest BCUT2D eigenvalue weighted by atomic mass is 9.95. The summed E-state index contributed by atoms with van der Waals surface area (Å²) in [7, 11) is 0. The van der Waals surface area contributed by atoms with Crippen LogP contribution in [0.1, 0.15) is 42.5 Å². The van der Waals surface area contributed by atoms with Crippen LogP contribution in [0.2, 0.25) is 0 Å². The predicted octanol–water partition coefficient (Wildman–Crippen LogP) is 4.47. The third-order valence-electron chi connectivity index (χ3n) is 4.15. The molecule has 1 aromatic rings. The molecule has 8 heteroatoms. The first kappa shape index (κ1) is 19.1. The van der Waals surface area contributed by atoms with Gasteiger partial charge in [0.05, 0.1) is 11.1 Å². The van der Waals surface area contributed by atoms with Crippen molar-refractivity contribution in [1.82, 2.24) is 10.2 Å². The fourth-order valence-corrected chi connectivity index (χ4v) is 3.00. The lowest BCUT2D eigenvalue weighted by molar-refractivity contribution is -0.143.